The average Bonchev–Trinajstić information content (AvgIpc) is 2.82. The number of Topliss-reactive ketones (excluding diaryl/α,β-unsaturated/α-hetero) is 1. The Hall–Kier alpha value is -1.67. The molecule has 2 aliphatic rings. The van der Waals surface area contributed by atoms with Crippen molar-refractivity contribution in [2.24, 2.45) is 5.92 Å². The summed E-state index contributed by atoms with van der Waals surface area (Å²) in [7, 11) is 0. The minimum atomic E-state index is -0.508. The van der Waals surface area contributed by atoms with Crippen LogP contribution in [-0.4, -0.2) is 22.2 Å². The lowest BCUT2D eigenvalue weighted by Gasteiger charge is -2.22. The SMILES string of the molecule is N#CC1CCCc2nn(C3CCCCO3)cc2C1=O. The van der Waals surface area contributed by atoms with Gasteiger partial charge in [0.15, 0.2) is 5.78 Å². The second kappa shape index (κ2) is 5.14. The number of hydrogen-bond donors (Lipinski definition) is 0. The standard InChI is InChI=1S/C14H17N3O2/c15-8-10-4-3-5-12-11(14(10)18)9-17(16-12)13-6-1-2-7-19-13/h9-10,13H,1-7H2. The van der Waals surface area contributed by atoms with E-state index in [0.717, 1.165) is 44.4 Å². The van der Waals surface area contributed by atoms with E-state index in [1.54, 1.807) is 10.9 Å². The first-order valence-electron chi connectivity index (χ1n) is 6.93. The molecule has 2 atom stereocenters. The van der Waals surface area contributed by atoms with Crippen LogP contribution < -0.4 is 0 Å². The lowest BCUT2D eigenvalue weighted by molar-refractivity contribution is -0.0397. The summed E-state index contributed by atoms with van der Waals surface area (Å²) in [5, 5.41) is 13.6. The summed E-state index contributed by atoms with van der Waals surface area (Å²) in [6, 6.07) is 2.11. The van der Waals surface area contributed by atoms with Gasteiger partial charge in [0.25, 0.3) is 0 Å². The zero-order chi connectivity index (χ0) is 13.2. The highest BCUT2D eigenvalue weighted by molar-refractivity contribution is 6.00. The van der Waals surface area contributed by atoms with E-state index in [-0.39, 0.29) is 12.0 Å². The molecule has 1 saturated heterocycles. The van der Waals surface area contributed by atoms with Crippen molar-refractivity contribution in [1.82, 2.24) is 9.78 Å². The minimum absolute atomic E-state index is 0.0472. The van der Waals surface area contributed by atoms with Crippen LogP contribution in [-0.2, 0) is 11.2 Å². The van der Waals surface area contributed by atoms with Gasteiger partial charge >= 0.3 is 0 Å². The summed E-state index contributed by atoms with van der Waals surface area (Å²) in [6.07, 6.45) is 7.16. The summed E-state index contributed by atoms with van der Waals surface area (Å²) in [6.45, 7) is 0.754. The monoisotopic (exact) mass is 259 g/mol. The van der Waals surface area contributed by atoms with Crippen molar-refractivity contribution in [2.45, 2.75) is 44.8 Å². The van der Waals surface area contributed by atoms with E-state index in [9.17, 15) is 4.79 Å². The van der Waals surface area contributed by atoms with Crippen LogP contribution in [0.1, 0.15) is 54.4 Å². The Kier molecular flexibility index (Phi) is 3.34. The van der Waals surface area contributed by atoms with Crippen LogP contribution in [0, 0.1) is 17.2 Å². The molecule has 100 valence electrons. The van der Waals surface area contributed by atoms with Gasteiger partial charge in [0.05, 0.1) is 17.3 Å². The van der Waals surface area contributed by atoms with Crippen LogP contribution in [0.4, 0.5) is 0 Å². The largest absolute Gasteiger partial charge is 0.357 e. The molecule has 0 N–H and O–H groups in total. The maximum absolute atomic E-state index is 12.2. The van der Waals surface area contributed by atoms with E-state index in [2.05, 4.69) is 11.2 Å². The Morgan fingerprint density at radius 1 is 1.37 bits per heavy atom. The zero-order valence-corrected chi connectivity index (χ0v) is 10.8. The van der Waals surface area contributed by atoms with Crippen LogP contribution >= 0.6 is 0 Å². The van der Waals surface area contributed by atoms with Crippen LogP contribution in [0.3, 0.4) is 0 Å². The molecular weight excluding hydrogens is 242 g/mol. The molecule has 2 heterocycles. The second-order valence-electron chi connectivity index (χ2n) is 5.23. The highest BCUT2D eigenvalue weighted by Gasteiger charge is 2.29. The molecular formula is C14H17N3O2. The highest BCUT2D eigenvalue weighted by Crippen LogP contribution is 2.27. The fourth-order valence-electron chi connectivity index (χ4n) is 2.81. The summed E-state index contributed by atoms with van der Waals surface area (Å²) < 4.78 is 7.46. The number of carbonyl (C=O) groups is 1. The number of nitrogens with zero attached hydrogens (tertiary/aromatic N) is 3. The molecule has 1 fully saturated rings. The number of aryl methyl sites for hydroxylation is 1. The van der Waals surface area contributed by atoms with Crippen molar-refractivity contribution in [3.05, 3.63) is 17.5 Å². The topological polar surface area (TPSA) is 67.9 Å². The molecule has 5 nitrogen and oxygen atoms in total. The smallest absolute Gasteiger partial charge is 0.183 e. The van der Waals surface area contributed by atoms with Crippen LogP contribution in [0.25, 0.3) is 0 Å². The first-order chi connectivity index (χ1) is 9.29. The van der Waals surface area contributed by atoms with Gasteiger partial charge in [-0.1, -0.05) is 0 Å². The van der Waals surface area contributed by atoms with E-state index in [4.69, 9.17) is 10.00 Å². The quantitative estimate of drug-likeness (QED) is 0.725. The molecule has 0 aromatic carbocycles. The third-order valence-electron chi connectivity index (χ3n) is 3.90. The van der Waals surface area contributed by atoms with Gasteiger partial charge in [-0.05, 0) is 38.5 Å². The first-order valence-corrected chi connectivity index (χ1v) is 6.93. The maximum Gasteiger partial charge on any atom is 0.183 e. The van der Waals surface area contributed by atoms with Gasteiger partial charge in [-0.3, -0.25) is 4.79 Å². The fraction of sp³-hybridized carbons (Fsp3) is 0.643. The van der Waals surface area contributed by atoms with Crippen LogP contribution in [0.15, 0.2) is 6.20 Å². The van der Waals surface area contributed by atoms with E-state index < -0.39 is 5.92 Å². The van der Waals surface area contributed by atoms with Gasteiger partial charge in [0.2, 0.25) is 0 Å². The summed E-state index contributed by atoms with van der Waals surface area (Å²) in [5.74, 6) is -0.580. The summed E-state index contributed by atoms with van der Waals surface area (Å²) in [4.78, 5) is 12.2. The van der Waals surface area contributed by atoms with Crippen LogP contribution in [0.5, 0.6) is 0 Å². The van der Waals surface area contributed by atoms with Crippen LogP contribution in [0.2, 0.25) is 0 Å². The Morgan fingerprint density at radius 2 is 2.26 bits per heavy atom. The molecule has 3 rings (SSSR count). The minimum Gasteiger partial charge on any atom is -0.357 e. The van der Waals surface area contributed by atoms with Gasteiger partial charge in [0.1, 0.15) is 12.1 Å². The van der Waals surface area contributed by atoms with Crippen molar-refractivity contribution in [3.63, 3.8) is 0 Å². The molecule has 0 radical (unpaired) electrons. The number of carbonyl (C=O) groups excluding carboxylic acids is 1. The Labute approximate surface area is 112 Å². The predicted molar refractivity (Wildman–Crippen MR) is 67.4 cm³/mol. The normalized spacial score (nSPS) is 27.4. The Balaban J connectivity index is 1.90. The van der Waals surface area contributed by atoms with E-state index in [0.29, 0.717) is 12.0 Å². The maximum atomic E-state index is 12.2. The number of aromatic nitrogens is 2. The van der Waals surface area contributed by atoms with Crippen molar-refractivity contribution in [1.29, 1.82) is 5.26 Å². The van der Waals surface area contributed by atoms with E-state index in [1.165, 1.54) is 0 Å². The van der Waals surface area contributed by atoms with Gasteiger partial charge in [-0.25, -0.2) is 4.68 Å². The Bertz CT molecular complexity index is 523. The summed E-state index contributed by atoms with van der Waals surface area (Å²) in [5.41, 5.74) is 1.45. The predicted octanol–water partition coefficient (Wildman–Crippen LogP) is 2.24. The second-order valence-corrected chi connectivity index (χ2v) is 5.23. The highest BCUT2D eigenvalue weighted by atomic mass is 16.5. The first kappa shape index (κ1) is 12.4. The molecule has 0 saturated carbocycles. The molecule has 2 unspecified atom stereocenters. The molecule has 1 aromatic heterocycles. The van der Waals surface area contributed by atoms with E-state index in [1.807, 2.05) is 0 Å². The number of nitriles is 1. The lowest BCUT2D eigenvalue weighted by Crippen LogP contribution is -2.19. The third-order valence-corrected chi connectivity index (χ3v) is 3.90. The Morgan fingerprint density at radius 3 is 3.00 bits per heavy atom. The number of rotatable bonds is 1. The van der Waals surface area contributed by atoms with Crippen molar-refractivity contribution in [3.8, 4) is 6.07 Å². The summed E-state index contributed by atoms with van der Waals surface area (Å²) >= 11 is 0. The fourth-order valence-corrected chi connectivity index (χ4v) is 2.81. The average molecular weight is 259 g/mol. The van der Waals surface area contributed by atoms with Gasteiger partial charge in [-0.2, -0.15) is 10.4 Å². The number of hydrogen-bond acceptors (Lipinski definition) is 4. The number of ether oxygens (including phenoxy) is 1. The number of ketones is 1. The van der Waals surface area contributed by atoms with Crippen molar-refractivity contribution < 1.29 is 9.53 Å². The zero-order valence-electron chi connectivity index (χ0n) is 10.8. The molecule has 0 spiro atoms. The van der Waals surface area contributed by atoms with E-state index >= 15 is 0 Å². The van der Waals surface area contributed by atoms with Gasteiger partial charge in [-0.15, -0.1) is 0 Å². The molecule has 5 heteroatoms. The molecule has 0 bridgehead atoms. The molecule has 1 aromatic rings. The van der Waals surface area contributed by atoms with Crippen molar-refractivity contribution in [2.75, 3.05) is 6.61 Å². The molecule has 1 aliphatic heterocycles. The lowest BCUT2D eigenvalue weighted by atomic mass is 9.99. The molecule has 19 heavy (non-hydrogen) atoms. The van der Waals surface area contributed by atoms with Crippen molar-refractivity contribution >= 4 is 5.78 Å². The van der Waals surface area contributed by atoms with Gasteiger partial charge in [0, 0.05) is 12.8 Å². The molecule has 0 amide bonds. The third kappa shape index (κ3) is 2.28. The van der Waals surface area contributed by atoms with Gasteiger partial charge < -0.3 is 4.74 Å². The number of fused-ring (bicyclic) bond motifs is 1. The molecule has 1 aliphatic carbocycles.